The minimum Gasteiger partial charge on any atom is -0.383 e. The number of hydrogen-bond donors (Lipinski definition) is 3. The lowest BCUT2D eigenvalue weighted by Crippen LogP contribution is -2.29. The number of halogens is 2. The van der Waals surface area contributed by atoms with Crippen LogP contribution in [0.4, 0.5) is 10.2 Å². The summed E-state index contributed by atoms with van der Waals surface area (Å²) in [5.41, 5.74) is 10.9. The van der Waals surface area contributed by atoms with E-state index in [-0.39, 0.29) is 5.82 Å². The fourth-order valence-corrected chi connectivity index (χ4v) is 2.42. The molecule has 0 amide bonds. The van der Waals surface area contributed by atoms with E-state index in [4.69, 9.17) is 11.6 Å². The van der Waals surface area contributed by atoms with Crippen molar-refractivity contribution in [3.8, 4) is 0 Å². The van der Waals surface area contributed by atoms with Gasteiger partial charge in [0, 0.05) is 16.2 Å². The first kappa shape index (κ1) is 13.9. The molecule has 4 nitrogen and oxygen atoms in total. The number of hydrogen-bond acceptors (Lipinski definition) is 4. The Hall–Kier alpha value is -1.50. The molecule has 1 aromatic heterocycles. The highest BCUT2D eigenvalue weighted by molar-refractivity contribution is 9.10. The second-order valence-electron chi connectivity index (χ2n) is 4.29. The second kappa shape index (κ2) is 5.64. The summed E-state index contributed by atoms with van der Waals surface area (Å²) >= 11 is 3.26. The molecule has 1 unspecified atom stereocenters. The number of aromatic nitrogens is 1. The molecular weight excluding hydrogens is 311 g/mol. The highest BCUT2D eigenvalue weighted by atomic mass is 79.9. The summed E-state index contributed by atoms with van der Waals surface area (Å²) in [4.78, 5) is 4.09. The van der Waals surface area contributed by atoms with Crippen molar-refractivity contribution in [3.63, 3.8) is 0 Å². The maximum atomic E-state index is 13.5. The van der Waals surface area contributed by atoms with Gasteiger partial charge in [0.05, 0.1) is 6.04 Å². The molecule has 0 aliphatic rings. The summed E-state index contributed by atoms with van der Waals surface area (Å²) in [7, 11) is 0. The van der Waals surface area contributed by atoms with Crippen LogP contribution in [0, 0.1) is 12.7 Å². The number of pyridine rings is 1. The topological polar surface area (TPSA) is 77.0 Å². The predicted octanol–water partition coefficient (Wildman–Crippen LogP) is 2.43. The molecule has 19 heavy (non-hydrogen) atoms. The zero-order valence-electron chi connectivity index (χ0n) is 10.3. The highest BCUT2D eigenvalue weighted by Gasteiger charge is 2.17. The van der Waals surface area contributed by atoms with Gasteiger partial charge in [0.1, 0.15) is 11.6 Å². The third-order valence-corrected chi connectivity index (χ3v) is 3.24. The van der Waals surface area contributed by atoms with E-state index in [1.54, 1.807) is 12.3 Å². The molecule has 2 rings (SSSR count). The van der Waals surface area contributed by atoms with Crippen LogP contribution in [-0.2, 0) is 0 Å². The summed E-state index contributed by atoms with van der Waals surface area (Å²) < 4.78 is 14.1. The van der Waals surface area contributed by atoms with E-state index in [1.807, 2.05) is 13.0 Å². The summed E-state index contributed by atoms with van der Waals surface area (Å²) in [5, 5.41) is 0. The Kier molecular flexibility index (Phi) is 4.14. The number of rotatable bonds is 3. The Bertz CT molecular complexity index is 583. The van der Waals surface area contributed by atoms with Crippen LogP contribution in [-0.4, -0.2) is 4.98 Å². The second-order valence-corrected chi connectivity index (χ2v) is 5.21. The molecule has 5 N–H and O–H groups in total. The molecule has 0 spiro atoms. The number of nitrogen functional groups attached to an aromatic ring is 1. The van der Waals surface area contributed by atoms with Gasteiger partial charge in [-0.05, 0) is 42.3 Å². The molecule has 0 aliphatic carbocycles. The lowest BCUT2D eigenvalue weighted by Gasteiger charge is -2.19. The van der Waals surface area contributed by atoms with Crippen LogP contribution < -0.4 is 17.0 Å². The van der Waals surface area contributed by atoms with Crippen LogP contribution in [0.1, 0.15) is 22.7 Å². The van der Waals surface area contributed by atoms with Crippen LogP contribution in [0.15, 0.2) is 34.9 Å². The van der Waals surface area contributed by atoms with Crippen molar-refractivity contribution in [2.24, 2.45) is 5.84 Å². The summed E-state index contributed by atoms with van der Waals surface area (Å²) in [6, 6.07) is 6.05. The lowest BCUT2D eigenvalue weighted by molar-refractivity contribution is 0.604. The van der Waals surface area contributed by atoms with Crippen molar-refractivity contribution in [1.82, 2.24) is 10.4 Å². The minimum absolute atomic E-state index is 0.344. The minimum atomic E-state index is -0.417. The Morgan fingerprint density at radius 3 is 2.68 bits per heavy atom. The van der Waals surface area contributed by atoms with Crippen LogP contribution in [0.25, 0.3) is 0 Å². The van der Waals surface area contributed by atoms with Crippen LogP contribution in [0.2, 0.25) is 0 Å². The summed E-state index contributed by atoms with van der Waals surface area (Å²) in [6.45, 7) is 1.91. The number of aryl methyl sites for hydroxylation is 1. The molecule has 0 saturated carbocycles. The quantitative estimate of drug-likeness (QED) is 0.598. The van der Waals surface area contributed by atoms with E-state index < -0.39 is 6.04 Å². The first-order valence-electron chi connectivity index (χ1n) is 5.65. The van der Waals surface area contributed by atoms with E-state index in [9.17, 15) is 4.39 Å². The maximum Gasteiger partial charge on any atom is 0.128 e. The lowest BCUT2D eigenvalue weighted by atomic mass is 9.99. The van der Waals surface area contributed by atoms with Gasteiger partial charge >= 0.3 is 0 Å². The van der Waals surface area contributed by atoms with Crippen molar-refractivity contribution in [2.75, 3.05) is 5.73 Å². The predicted molar refractivity (Wildman–Crippen MR) is 76.7 cm³/mol. The van der Waals surface area contributed by atoms with Gasteiger partial charge in [-0.3, -0.25) is 5.84 Å². The molecule has 0 saturated heterocycles. The number of nitrogens with two attached hydrogens (primary N) is 2. The van der Waals surface area contributed by atoms with Gasteiger partial charge in [0.25, 0.3) is 0 Å². The molecule has 6 heteroatoms. The number of anilines is 1. The van der Waals surface area contributed by atoms with Crippen LogP contribution in [0.5, 0.6) is 0 Å². The summed E-state index contributed by atoms with van der Waals surface area (Å²) in [6.07, 6.45) is 1.67. The van der Waals surface area contributed by atoms with E-state index in [2.05, 4.69) is 26.3 Å². The van der Waals surface area contributed by atoms with Crippen LogP contribution >= 0.6 is 15.9 Å². The molecule has 1 aromatic carbocycles. The third-order valence-electron chi connectivity index (χ3n) is 2.78. The van der Waals surface area contributed by atoms with Gasteiger partial charge in [-0.2, -0.15) is 0 Å². The molecule has 1 atom stereocenters. The fraction of sp³-hybridized carbons (Fsp3) is 0.154. The zero-order chi connectivity index (χ0) is 14.0. The van der Waals surface area contributed by atoms with Gasteiger partial charge in [0.15, 0.2) is 0 Å². The molecule has 0 radical (unpaired) electrons. The average Bonchev–Trinajstić information content (AvgIpc) is 2.33. The Labute approximate surface area is 119 Å². The van der Waals surface area contributed by atoms with E-state index in [0.29, 0.717) is 15.9 Å². The largest absolute Gasteiger partial charge is 0.383 e. The number of nitrogens with zero attached hydrogens (tertiary/aromatic N) is 1. The molecule has 0 fully saturated rings. The van der Waals surface area contributed by atoms with Crippen molar-refractivity contribution >= 4 is 21.7 Å². The Morgan fingerprint density at radius 2 is 2.05 bits per heavy atom. The van der Waals surface area contributed by atoms with Crippen molar-refractivity contribution in [1.29, 1.82) is 0 Å². The van der Waals surface area contributed by atoms with Gasteiger partial charge in [0.2, 0.25) is 0 Å². The van der Waals surface area contributed by atoms with Gasteiger partial charge in [-0.15, -0.1) is 0 Å². The molecule has 100 valence electrons. The van der Waals surface area contributed by atoms with Crippen molar-refractivity contribution in [2.45, 2.75) is 13.0 Å². The van der Waals surface area contributed by atoms with Crippen molar-refractivity contribution < 1.29 is 4.39 Å². The highest BCUT2D eigenvalue weighted by Crippen LogP contribution is 2.28. The van der Waals surface area contributed by atoms with E-state index >= 15 is 0 Å². The first-order chi connectivity index (χ1) is 9.01. The maximum absolute atomic E-state index is 13.5. The van der Waals surface area contributed by atoms with Gasteiger partial charge in [-0.1, -0.05) is 15.9 Å². The fourth-order valence-electron chi connectivity index (χ4n) is 1.94. The van der Waals surface area contributed by atoms with Gasteiger partial charge < -0.3 is 5.73 Å². The molecule has 0 bridgehead atoms. The standard InChI is InChI=1S/C13H14BrFN4/c1-7-2-11(13(16)18-6-7)12(19-17)8-3-9(14)5-10(15)4-8/h2-6,12,19H,17H2,1H3,(H2,16,18). The number of nitrogens with one attached hydrogen (secondary N) is 1. The Balaban J connectivity index is 2.52. The smallest absolute Gasteiger partial charge is 0.128 e. The van der Waals surface area contributed by atoms with Crippen LogP contribution in [0.3, 0.4) is 0 Å². The zero-order valence-corrected chi connectivity index (χ0v) is 11.9. The SMILES string of the molecule is Cc1cnc(N)c(C(NN)c2cc(F)cc(Br)c2)c1. The molecule has 1 heterocycles. The van der Waals surface area contributed by atoms with E-state index in [0.717, 1.165) is 11.1 Å². The average molecular weight is 325 g/mol. The molecule has 2 aromatic rings. The first-order valence-corrected chi connectivity index (χ1v) is 6.44. The normalized spacial score (nSPS) is 12.4. The molecule has 0 aliphatic heterocycles. The molecular formula is C13H14BrFN4. The monoisotopic (exact) mass is 324 g/mol. The number of hydrazine groups is 1. The van der Waals surface area contributed by atoms with E-state index in [1.165, 1.54) is 12.1 Å². The third kappa shape index (κ3) is 3.09. The Morgan fingerprint density at radius 1 is 1.32 bits per heavy atom. The summed E-state index contributed by atoms with van der Waals surface area (Å²) in [5.74, 6) is 5.61. The van der Waals surface area contributed by atoms with Gasteiger partial charge in [-0.25, -0.2) is 14.8 Å². The number of benzene rings is 1. The van der Waals surface area contributed by atoms with Crippen molar-refractivity contribution in [3.05, 3.63) is 57.4 Å².